The molecule has 0 atom stereocenters. The first kappa shape index (κ1) is 11.3. The van der Waals surface area contributed by atoms with Crippen LogP contribution in [0.3, 0.4) is 0 Å². The highest BCUT2D eigenvalue weighted by atomic mass is 16.5. The molecule has 0 saturated heterocycles. The maximum Gasteiger partial charge on any atom is 0.138 e. The Hall–Kier alpha value is -2.80. The van der Waals surface area contributed by atoms with E-state index in [0.29, 0.717) is 12.2 Å². The molecule has 0 aliphatic heterocycles. The van der Waals surface area contributed by atoms with Gasteiger partial charge >= 0.3 is 0 Å². The molecule has 0 aliphatic rings. The van der Waals surface area contributed by atoms with E-state index in [1.165, 1.54) is 0 Å². The smallest absolute Gasteiger partial charge is 0.138 e. The van der Waals surface area contributed by atoms with Gasteiger partial charge in [0.25, 0.3) is 0 Å². The van der Waals surface area contributed by atoms with Gasteiger partial charge in [0.1, 0.15) is 18.4 Å². The zero-order chi connectivity index (χ0) is 13.1. The van der Waals surface area contributed by atoms with E-state index in [4.69, 9.17) is 10.00 Å². The highest BCUT2D eigenvalue weighted by Gasteiger charge is 2.04. The summed E-state index contributed by atoms with van der Waals surface area (Å²) in [6.45, 7) is 0.513. The number of fused-ring (bicyclic) bond motifs is 1. The van der Waals surface area contributed by atoms with Crippen LogP contribution in [0, 0.1) is 11.3 Å². The lowest BCUT2D eigenvalue weighted by molar-refractivity contribution is 0.304. The van der Waals surface area contributed by atoms with Crippen LogP contribution in [0.15, 0.2) is 54.9 Å². The van der Waals surface area contributed by atoms with Gasteiger partial charge in [-0.3, -0.25) is 0 Å². The van der Waals surface area contributed by atoms with Crippen molar-refractivity contribution in [3.05, 3.63) is 66.0 Å². The summed E-state index contributed by atoms with van der Waals surface area (Å²) < 4.78 is 7.35. The Morgan fingerprint density at radius 2 is 2.00 bits per heavy atom. The SMILES string of the molecule is N#Cc1cnn2cc(OCc3ccccc3)ccc12. The van der Waals surface area contributed by atoms with Crippen LogP contribution in [0.5, 0.6) is 5.75 Å². The summed E-state index contributed by atoms with van der Waals surface area (Å²) >= 11 is 0. The van der Waals surface area contributed by atoms with Gasteiger partial charge in [-0.15, -0.1) is 0 Å². The Labute approximate surface area is 110 Å². The first-order valence-corrected chi connectivity index (χ1v) is 5.91. The third-order valence-electron chi connectivity index (χ3n) is 2.86. The lowest BCUT2D eigenvalue weighted by Crippen LogP contribution is -1.97. The Balaban J connectivity index is 1.81. The summed E-state index contributed by atoms with van der Waals surface area (Å²) in [5, 5.41) is 13.0. The Bertz CT molecular complexity index is 741. The predicted molar refractivity (Wildman–Crippen MR) is 70.7 cm³/mol. The van der Waals surface area contributed by atoms with Crippen molar-refractivity contribution in [2.75, 3.05) is 0 Å². The molecule has 1 aromatic carbocycles. The molecule has 0 radical (unpaired) electrons. The number of ether oxygens (including phenoxy) is 1. The third-order valence-corrected chi connectivity index (χ3v) is 2.86. The van der Waals surface area contributed by atoms with E-state index >= 15 is 0 Å². The minimum atomic E-state index is 0.513. The summed E-state index contributed by atoms with van der Waals surface area (Å²) in [6.07, 6.45) is 3.33. The highest BCUT2D eigenvalue weighted by molar-refractivity contribution is 5.60. The summed E-state index contributed by atoms with van der Waals surface area (Å²) in [4.78, 5) is 0. The Morgan fingerprint density at radius 1 is 1.16 bits per heavy atom. The molecule has 2 aromatic heterocycles. The zero-order valence-corrected chi connectivity index (χ0v) is 10.2. The average molecular weight is 249 g/mol. The molecule has 3 rings (SSSR count). The number of rotatable bonds is 3. The van der Waals surface area contributed by atoms with Gasteiger partial charge in [0, 0.05) is 0 Å². The Kier molecular flexibility index (Phi) is 2.87. The number of pyridine rings is 1. The van der Waals surface area contributed by atoms with Gasteiger partial charge in [0.2, 0.25) is 0 Å². The van der Waals surface area contributed by atoms with Crippen LogP contribution in [0.25, 0.3) is 5.52 Å². The molecule has 19 heavy (non-hydrogen) atoms. The fraction of sp³-hybridized carbons (Fsp3) is 0.0667. The second-order valence-electron chi connectivity index (χ2n) is 4.14. The van der Waals surface area contributed by atoms with Crippen molar-refractivity contribution in [1.82, 2.24) is 9.61 Å². The fourth-order valence-electron chi connectivity index (χ4n) is 1.88. The number of hydrogen-bond acceptors (Lipinski definition) is 3. The summed E-state index contributed by atoms with van der Waals surface area (Å²) in [5.41, 5.74) is 2.46. The molecule has 0 N–H and O–H groups in total. The number of hydrogen-bond donors (Lipinski definition) is 0. The van der Waals surface area contributed by atoms with E-state index in [9.17, 15) is 0 Å². The molecule has 3 aromatic rings. The van der Waals surface area contributed by atoms with E-state index in [0.717, 1.165) is 16.8 Å². The van der Waals surface area contributed by atoms with Crippen LogP contribution in [0.2, 0.25) is 0 Å². The van der Waals surface area contributed by atoms with Crippen molar-refractivity contribution in [1.29, 1.82) is 5.26 Å². The average Bonchev–Trinajstić information content (AvgIpc) is 2.88. The maximum absolute atomic E-state index is 8.91. The molecular weight excluding hydrogens is 238 g/mol. The molecule has 0 amide bonds. The van der Waals surface area contributed by atoms with Crippen LogP contribution in [-0.4, -0.2) is 9.61 Å². The topological polar surface area (TPSA) is 50.3 Å². The van der Waals surface area contributed by atoms with Crippen molar-refractivity contribution < 1.29 is 4.74 Å². The Morgan fingerprint density at radius 3 is 2.79 bits per heavy atom. The molecular formula is C15H11N3O. The molecule has 0 saturated carbocycles. The standard InChI is InChI=1S/C15H11N3O/c16-8-13-9-17-18-10-14(6-7-15(13)18)19-11-12-4-2-1-3-5-12/h1-7,9-10H,11H2. The lowest BCUT2D eigenvalue weighted by atomic mass is 10.2. The fourth-order valence-corrected chi connectivity index (χ4v) is 1.88. The molecule has 4 nitrogen and oxygen atoms in total. The van der Waals surface area contributed by atoms with Crippen LogP contribution in [0.1, 0.15) is 11.1 Å². The van der Waals surface area contributed by atoms with Crippen molar-refractivity contribution >= 4 is 5.52 Å². The first-order chi connectivity index (χ1) is 9.36. The molecule has 0 fully saturated rings. The number of aromatic nitrogens is 2. The van der Waals surface area contributed by atoms with E-state index in [2.05, 4.69) is 11.2 Å². The van der Waals surface area contributed by atoms with Gasteiger partial charge in [-0.2, -0.15) is 10.4 Å². The normalized spacial score (nSPS) is 10.3. The molecule has 2 heterocycles. The number of nitrogens with zero attached hydrogens (tertiary/aromatic N) is 3. The number of benzene rings is 1. The lowest BCUT2D eigenvalue weighted by Gasteiger charge is -2.06. The summed E-state index contributed by atoms with van der Waals surface area (Å²) in [7, 11) is 0. The van der Waals surface area contributed by atoms with E-state index in [1.54, 1.807) is 16.9 Å². The molecule has 4 heteroatoms. The predicted octanol–water partition coefficient (Wildman–Crippen LogP) is 2.78. The van der Waals surface area contributed by atoms with Crippen LogP contribution < -0.4 is 4.74 Å². The largest absolute Gasteiger partial charge is 0.487 e. The minimum absolute atomic E-state index is 0.513. The second kappa shape index (κ2) is 4.83. The van der Waals surface area contributed by atoms with Gasteiger partial charge < -0.3 is 4.74 Å². The van der Waals surface area contributed by atoms with E-state index in [-0.39, 0.29) is 0 Å². The van der Waals surface area contributed by atoms with Crippen molar-refractivity contribution in [3.63, 3.8) is 0 Å². The quantitative estimate of drug-likeness (QED) is 0.717. The zero-order valence-electron chi connectivity index (χ0n) is 10.2. The second-order valence-corrected chi connectivity index (χ2v) is 4.14. The van der Waals surface area contributed by atoms with Crippen molar-refractivity contribution in [2.45, 2.75) is 6.61 Å². The molecule has 0 bridgehead atoms. The monoisotopic (exact) mass is 249 g/mol. The van der Waals surface area contributed by atoms with Crippen LogP contribution >= 0.6 is 0 Å². The minimum Gasteiger partial charge on any atom is -0.487 e. The molecule has 0 spiro atoms. The van der Waals surface area contributed by atoms with Gasteiger partial charge in [-0.05, 0) is 17.7 Å². The molecule has 92 valence electrons. The molecule has 0 unspecified atom stereocenters. The highest BCUT2D eigenvalue weighted by Crippen LogP contribution is 2.17. The van der Waals surface area contributed by atoms with E-state index in [1.807, 2.05) is 42.5 Å². The van der Waals surface area contributed by atoms with Gasteiger partial charge in [-0.25, -0.2) is 4.52 Å². The van der Waals surface area contributed by atoms with Crippen molar-refractivity contribution in [2.24, 2.45) is 0 Å². The number of nitriles is 1. The van der Waals surface area contributed by atoms with Crippen LogP contribution in [0.4, 0.5) is 0 Å². The van der Waals surface area contributed by atoms with Crippen LogP contribution in [-0.2, 0) is 6.61 Å². The maximum atomic E-state index is 8.91. The first-order valence-electron chi connectivity index (χ1n) is 5.91. The summed E-state index contributed by atoms with van der Waals surface area (Å²) in [6, 6.07) is 15.8. The molecule has 0 aliphatic carbocycles. The van der Waals surface area contributed by atoms with Crippen molar-refractivity contribution in [3.8, 4) is 11.8 Å². The third kappa shape index (κ3) is 2.26. The van der Waals surface area contributed by atoms with Gasteiger partial charge in [-0.1, -0.05) is 30.3 Å². The van der Waals surface area contributed by atoms with E-state index < -0.39 is 0 Å². The summed E-state index contributed by atoms with van der Waals surface area (Å²) in [5.74, 6) is 0.726. The van der Waals surface area contributed by atoms with Gasteiger partial charge in [0.15, 0.2) is 0 Å². The van der Waals surface area contributed by atoms with Gasteiger partial charge in [0.05, 0.1) is 23.5 Å².